The molecule has 12 heteroatoms. The Balaban J connectivity index is 1.49. The zero-order valence-electron chi connectivity index (χ0n) is 22.2. The molecule has 3 aromatic rings. The highest BCUT2D eigenvalue weighted by Gasteiger charge is 2.37. The van der Waals surface area contributed by atoms with Crippen molar-refractivity contribution in [3.8, 4) is 5.69 Å². The standard InChI is InChI=1S/C27H29ClN6O5/c1-5-38-24(36)21-19-10-12-33(23(35)22(19)34(31-21)18-8-6-7-17(28)13-18)25-29-14-16-9-11-32(15-20(16)30-25)26(37)39-27(2,3)4/h6-8,13-14H,5,9-12,15H2,1-4H3. The first-order chi connectivity index (χ1) is 18.6. The highest BCUT2D eigenvalue weighted by Crippen LogP contribution is 2.30. The fourth-order valence-electron chi connectivity index (χ4n) is 4.61. The molecule has 0 spiro atoms. The summed E-state index contributed by atoms with van der Waals surface area (Å²) in [6.07, 6.45) is 2.21. The van der Waals surface area contributed by atoms with Crippen LogP contribution in [0.3, 0.4) is 0 Å². The topological polar surface area (TPSA) is 120 Å². The molecule has 5 rings (SSSR count). The van der Waals surface area contributed by atoms with Gasteiger partial charge in [-0.1, -0.05) is 17.7 Å². The largest absolute Gasteiger partial charge is 0.461 e. The third-order valence-electron chi connectivity index (χ3n) is 6.36. The van der Waals surface area contributed by atoms with E-state index in [2.05, 4.69) is 15.1 Å². The van der Waals surface area contributed by atoms with E-state index in [1.807, 2.05) is 20.8 Å². The van der Waals surface area contributed by atoms with Crippen LogP contribution in [0.1, 0.15) is 65.5 Å². The zero-order chi connectivity index (χ0) is 27.9. The van der Waals surface area contributed by atoms with Crippen LogP contribution in [-0.2, 0) is 28.9 Å². The van der Waals surface area contributed by atoms with Gasteiger partial charge in [-0.2, -0.15) is 5.10 Å². The molecule has 0 bridgehead atoms. The number of ether oxygens (including phenoxy) is 2. The summed E-state index contributed by atoms with van der Waals surface area (Å²) in [5.41, 5.74) is 2.32. The van der Waals surface area contributed by atoms with Crippen molar-refractivity contribution in [2.45, 2.75) is 52.7 Å². The van der Waals surface area contributed by atoms with Crippen LogP contribution < -0.4 is 4.90 Å². The summed E-state index contributed by atoms with van der Waals surface area (Å²) in [6.45, 7) is 8.34. The number of carbonyl (C=O) groups excluding carboxylic acids is 3. The Morgan fingerprint density at radius 3 is 2.67 bits per heavy atom. The normalized spacial score (nSPS) is 15.1. The number of hydrogen-bond acceptors (Lipinski definition) is 8. The van der Waals surface area contributed by atoms with Gasteiger partial charge in [0.25, 0.3) is 5.91 Å². The van der Waals surface area contributed by atoms with Crippen LogP contribution in [0.2, 0.25) is 5.02 Å². The summed E-state index contributed by atoms with van der Waals surface area (Å²) >= 11 is 6.21. The molecule has 2 aliphatic heterocycles. The molecule has 11 nitrogen and oxygen atoms in total. The second-order valence-electron chi connectivity index (χ2n) is 10.3. The van der Waals surface area contributed by atoms with Gasteiger partial charge in [0.2, 0.25) is 5.95 Å². The van der Waals surface area contributed by atoms with Gasteiger partial charge in [-0.25, -0.2) is 24.2 Å². The molecule has 204 valence electrons. The Morgan fingerprint density at radius 2 is 1.95 bits per heavy atom. The molecule has 4 heterocycles. The smallest absolute Gasteiger partial charge is 0.410 e. The van der Waals surface area contributed by atoms with Crippen LogP contribution in [0.5, 0.6) is 0 Å². The second kappa shape index (κ2) is 10.3. The number of nitrogens with zero attached hydrogens (tertiary/aromatic N) is 6. The van der Waals surface area contributed by atoms with Crippen molar-refractivity contribution in [2.75, 3.05) is 24.6 Å². The van der Waals surface area contributed by atoms with E-state index in [9.17, 15) is 14.4 Å². The van der Waals surface area contributed by atoms with Gasteiger partial charge in [0, 0.05) is 29.9 Å². The maximum Gasteiger partial charge on any atom is 0.410 e. The van der Waals surface area contributed by atoms with Crippen LogP contribution in [-0.4, -0.2) is 67.9 Å². The number of aromatic nitrogens is 4. The molecular formula is C27H29ClN6O5. The average molecular weight is 553 g/mol. The summed E-state index contributed by atoms with van der Waals surface area (Å²) < 4.78 is 12.1. The summed E-state index contributed by atoms with van der Waals surface area (Å²) in [6, 6.07) is 6.87. The second-order valence-corrected chi connectivity index (χ2v) is 10.7. The van der Waals surface area contributed by atoms with E-state index < -0.39 is 23.6 Å². The molecule has 1 aromatic carbocycles. The molecule has 0 saturated carbocycles. The molecule has 39 heavy (non-hydrogen) atoms. The Hall–Kier alpha value is -3.99. The fraction of sp³-hybridized carbons (Fsp3) is 0.407. The minimum atomic E-state index is -0.611. The molecular weight excluding hydrogens is 524 g/mol. The maximum atomic E-state index is 13.9. The van der Waals surface area contributed by atoms with E-state index >= 15 is 0 Å². The van der Waals surface area contributed by atoms with Gasteiger partial charge in [0.05, 0.1) is 24.5 Å². The Labute approximate surface area is 230 Å². The van der Waals surface area contributed by atoms with E-state index in [4.69, 9.17) is 21.1 Å². The van der Waals surface area contributed by atoms with Crippen molar-refractivity contribution in [1.29, 1.82) is 0 Å². The number of esters is 1. The number of fused-ring (bicyclic) bond motifs is 2. The predicted octanol–water partition coefficient (Wildman–Crippen LogP) is 3.99. The number of benzene rings is 1. The molecule has 0 saturated heterocycles. The molecule has 0 atom stereocenters. The Kier molecular flexibility index (Phi) is 7.02. The van der Waals surface area contributed by atoms with Crippen molar-refractivity contribution < 1.29 is 23.9 Å². The number of carbonyl (C=O) groups is 3. The average Bonchev–Trinajstić information content (AvgIpc) is 3.28. The Morgan fingerprint density at radius 1 is 1.15 bits per heavy atom. The summed E-state index contributed by atoms with van der Waals surface area (Å²) in [5, 5.41) is 4.93. The minimum absolute atomic E-state index is 0.0965. The first-order valence-corrected chi connectivity index (χ1v) is 13.1. The van der Waals surface area contributed by atoms with Crippen LogP contribution in [0.4, 0.5) is 10.7 Å². The lowest BCUT2D eigenvalue weighted by Crippen LogP contribution is -2.42. The lowest BCUT2D eigenvalue weighted by Gasteiger charge is -2.31. The number of halogens is 1. The minimum Gasteiger partial charge on any atom is -0.461 e. The van der Waals surface area contributed by atoms with Crippen LogP contribution >= 0.6 is 11.6 Å². The number of hydrogen-bond donors (Lipinski definition) is 0. The fourth-order valence-corrected chi connectivity index (χ4v) is 4.80. The van der Waals surface area contributed by atoms with Gasteiger partial charge in [0.15, 0.2) is 5.69 Å². The van der Waals surface area contributed by atoms with Crippen LogP contribution in [0.15, 0.2) is 30.5 Å². The van der Waals surface area contributed by atoms with Crippen molar-refractivity contribution in [3.05, 3.63) is 63.7 Å². The predicted molar refractivity (Wildman–Crippen MR) is 142 cm³/mol. The molecule has 0 aliphatic carbocycles. The van der Waals surface area contributed by atoms with Crippen molar-refractivity contribution in [1.82, 2.24) is 24.6 Å². The van der Waals surface area contributed by atoms with Gasteiger partial charge in [-0.3, -0.25) is 9.69 Å². The quantitative estimate of drug-likeness (QED) is 0.446. The first-order valence-electron chi connectivity index (χ1n) is 12.7. The molecule has 0 unspecified atom stereocenters. The highest BCUT2D eigenvalue weighted by atomic mass is 35.5. The highest BCUT2D eigenvalue weighted by molar-refractivity contribution is 6.30. The van der Waals surface area contributed by atoms with E-state index in [-0.39, 0.29) is 37.0 Å². The third kappa shape index (κ3) is 5.31. The number of amides is 2. The Bertz CT molecular complexity index is 1460. The first kappa shape index (κ1) is 26.6. The van der Waals surface area contributed by atoms with Gasteiger partial charge in [-0.05, 0) is 64.3 Å². The van der Waals surface area contributed by atoms with E-state index in [1.54, 1.807) is 42.3 Å². The third-order valence-corrected chi connectivity index (χ3v) is 6.60. The molecule has 0 fully saturated rings. The van der Waals surface area contributed by atoms with Gasteiger partial charge in [-0.15, -0.1) is 0 Å². The molecule has 0 radical (unpaired) electrons. The van der Waals surface area contributed by atoms with Crippen molar-refractivity contribution >= 4 is 35.5 Å². The zero-order valence-corrected chi connectivity index (χ0v) is 23.0. The van der Waals surface area contributed by atoms with Crippen LogP contribution in [0.25, 0.3) is 5.69 Å². The van der Waals surface area contributed by atoms with Gasteiger partial charge >= 0.3 is 12.1 Å². The summed E-state index contributed by atoms with van der Waals surface area (Å²) in [7, 11) is 0. The summed E-state index contributed by atoms with van der Waals surface area (Å²) in [4.78, 5) is 51.5. The van der Waals surface area contributed by atoms with E-state index in [0.717, 1.165) is 5.56 Å². The van der Waals surface area contributed by atoms with Gasteiger partial charge in [0.1, 0.15) is 11.3 Å². The van der Waals surface area contributed by atoms with Crippen molar-refractivity contribution in [3.63, 3.8) is 0 Å². The maximum absolute atomic E-state index is 13.9. The lowest BCUT2D eigenvalue weighted by molar-refractivity contribution is 0.0220. The van der Waals surface area contributed by atoms with E-state index in [0.29, 0.717) is 41.4 Å². The van der Waals surface area contributed by atoms with Crippen molar-refractivity contribution in [2.24, 2.45) is 0 Å². The number of anilines is 1. The monoisotopic (exact) mass is 552 g/mol. The SMILES string of the molecule is CCOC(=O)c1nn(-c2cccc(Cl)c2)c2c1CCN(c1ncc3c(n1)CN(C(=O)OC(C)(C)C)CC3)C2=O. The molecule has 0 N–H and O–H groups in total. The lowest BCUT2D eigenvalue weighted by atomic mass is 10.0. The van der Waals surface area contributed by atoms with Crippen LogP contribution in [0, 0.1) is 0 Å². The number of rotatable bonds is 4. The van der Waals surface area contributed by atoms with Gasteiger partial charge < -0.3 is 14.4 Å². The molecule has 2 aliphatic rings. The molecule has 2 aromatic heterocycles. The molecule has 2 amide bonds. The van der Waals surface area contributed by atoms with E-state index in [1.165, 1.54) is 9.58 Å². The summed E-state index contributed by atoms with van der Waals surface area (Å²) in [5.74, 6) is -0.783.